The van der Waals surface area contributed by atoms with Gasteiger partial charge in [0.15, 0.2) is 0 Å². The second-order valence-electron chi connectivity index (χ2n) is 5.96. The standard InChI is InChI=1S/C18H21FN2OS/c1-20-10-12-21(13-11-20)18(22)9-7-16-6-8-17(23-16)14-2-4-15(19)5-3-14/h2-6,8H,7,9-13H2,1H3. The lowest BCUT2D eigenvalue weighted by Gasteiger charge is -2.32. The fourth-order valence-corrected chi connectivity index (χ4v) is 3.74. The second kappa shape index (κ2) is 7.23. The number of thiophene rings is 1. The van der Waals surface area contributed by atoms with Crippen LogP contribution < -0.4 is 0 Å². The number of hydrogen-bond donors (Lipinski definition) is 0. The predicted octanol–water partition coefficient (Wildman–Crippen LogP) is 3.26. The molecule has 5 heteroatoms. The molecule has 1 fully saturated rings. The second-order valence-corrected chi connectivity index (χ2v) is 7.13. The zero-order valence-electron chi connectivity index (χ0n) is 13.3. The quantitative estimate of drug-likeness (QED) is 0.858. The largest absolute Gasteiger partial charge is 0.340 e. The van der Waals surface area contributed by atoms with E-state index in [1.807, 2.05) is 11.0 Å². The molecule has 3 rings (SSSR count). The van der Waals surface area contributed by atoms with Gasteiger partial charge < -0.3 is 9.80 Å². The maximum atomic E-state index is 13.0. The fourth-order valence-electron chi connectivity index (χ4n) is 2.73. The Morgan fingerprint density at radius 2 is 1.78 bits per heavy atom. The number of nitrogens with zero attached hydrogens (tertiary/aromatic N) is 2. The Kier molecular flexibility index (Phi) is 5.08. The van der Waals surface area contributed by atoms with Crippen molar-refractivity contribution in [2.45, 2.75) is 12.8 Å². The van der Waals surface area contributed by atoms with Crippen molar-refractivity contribution in [2.75, 3.05) is 33.2 Å². The van der Waals surface area contributed by atoms with Crippen LogP contribution in [0.1, 0.15) is 11.3 Å². The number of hydrogen-bond acceptors (Lipinski definition) is 3. The summed E-state index contributed by atoms with van der Waals surface area (Å²) in [5.41, 5.74) is 1.02. The average molecular weight is 332 g/mol. The maximum absolute atomic E-state index is 13.0. The Labute approximate surface area is 140 Å². The highest BCUT2D eigenvalue weighted by molar-refractivity contribution is 7.15. The zero-order chi connectivity index (χ0) is 16.2. The lowest BCUT2D eigenvalue weighted by molar-refractivity contribution is -0.132. The molecule has 0 N–H and O–H groups in total. The number of aryl methyl sites for hydroxylation is 1. The van der Waals surface area contributed by atoms with Gasteiger partial charge in [-0.1, -0.05) is 12.1 Å². The summed E-state index contributed by atoms with van der Waals surface area (Å²) >= 11 is 1.68. The molecule has 0 aliphatic carbocycles. The van der Waals surface area contributed by atoms with E-state index in [1.54, 1.807) is 23.5 Å². The number of carbonyl (C=O) groups excluding carboxylic acids is 1. The van der Waals surface area contributed by atoms with Gasteiger partial charge in [-0.3, -0.25) is 4.79 Å². The molecule has 1 amide bonds. The molecule has 3 nitrogen and oxygen atoms in total. The third kappa shape index (κ3) is 4.18. The number of carbonyl (C=O) groups is 1. The summed E-state index contributed by atoms with van der Waals surface area (Å²) in [6.45, 7) is 3.58. The monoisotopic (exact) mass is 332 g/mol. The smallest absolute Gasteiger partial charge is 0.223 e. The number of piperazine rings is 1. The van der Waals surface area contributed by atoms with E-state index in [9.17, 15) is 9.18 Å². The summed E-state index contributed by atoms with van der Waals surface area (Å²) in [6.07, 6.45) is 1.34. The van der Waals surface area contributed by atoms with Crippen LogP contribution in [0.5, 0.6) is 0 Å². The third-order valence-corrected chi connectivity index (χ3v) is 5.43. The Balaban J connectivity index is 1.55. The minimum atomic E-state index is -0.219. The van der Waals surface area contributed by atoms with Crippen molar-refractivity contribution in [1.82, 2.24) is 9.80 Å². The molecule has 23 heavy (non-hydrogen) atoms. The van der Waals surface area contributed by atoms with Crippen LogP contribution in [-0.4, -0.2) is 48.9 Å². The molecular formula is C18H21FN2OS. The van der Waals surface area contributed by atoms with Crippen LogP contribution in [0.15, 0.2) is 36.4 Å². The van der Waals surface area contributed by atoms with Crippen LogP contribution in [0.2, 0.25) is 0 Å². The molecular weight excluding hydrogens is 311 g/mol. The molecule has 2 aromatic rings. The Hall–Kier alpha value is -1.72. The first kappa shape index (κ1) is 16.1. The van der Waals surface area contributed by atoms with Crippen molar-refractivity contribution in [3.63, 3.8) is 0 Å². The summed E-state index contributed by atoms with van der Waals surface area (Å²) in [6, 6.07) is 10.7. The molecule has 1 aromatic heterocycles. The molecule has 0 spiro atoms. The van der Waals surface area contributed by atoms with Gasteiger partial charge in [0.05, 0.1) is 0 Å². The number of likely N-dealkylation sites (N-methyl/N-ethyl adjacent to an activating group) is 1. The summed E-state index contributed by atoms with van der Waals surface area (Å²) in [7, 11) is 2.09. The van der Waals surface area contributed by atoms with Crippen LogP contribution in [0, 0.1) is 5.82 Å². The van der Waals surface area contributed by atoms with Gasteiger partial charge in [0, 0.05) is 42.4 Å². The molecule has 2 heterocycles. The van der Waals surface area contributed by atoms with Crippen LogP contribution in [0.3, 0.4) is 0 Å². The van der Waals surface area contributed by atoms with Crippen molar-refractivity contribution < 1.29 is 9.18 Å². The summed E-state index contributed by atoms with van der Waals surface area (Å²) in [4.78, 5) is 18.8. The van der Waals surface area contributed by atoms with Gasteiger partial charge in [-0.15, -0.1) is 11.3 Å². The van der Waals surface area contributed by atoms with E-state index in [0.29, 0.717) is 6.42 Å². The molecule has 1 saturated heterocycles. The number of halogens is 1. The highest BCUT2D eigenvalue weighted by Crippen LogP contribution is 2.29. The highest BCUT2D eigenvalue weighted by Gasteiger charge is 2.18. The van der Waals surface area contributed by atoms with Gasteiger partial charge in [-0.2, -0.15) is 0 Å². The Morgan fingerprint density at radius 1 is 1.09 bits per heavy atom. The van der Waals surface area contributed by atoms with Crippen molar-refractivity contribution >= 4 is 17.2 Å². The van der Waals surface area contributed by atoms with Gasteiger partial charge in [0.2, 0.25) is 5.91 Å². The molecule has 0 unspecified atom stereocenters. The summed E-state index contributed by atoms with van der Waals surface area (Å²) in [5.74, 6) is 0.0261. The fraction of sp³-hybridized carbons (Fsp3) is 0.389. The van der Waals surface area contributed by atoms with Crippen molar-refractivity contribution in [1.29, 1.82) is 0 Å². The Bertz CT molecular complexity index is 660. The van der Waals surface area contributed by atoms with Crippen LogP contribution in [0.4, 0.5) is 4.39 Å². The molecule has 0 bridgehead atoms. The van der Waals surface area contributed by atoms with E-state index in [2.05, 4.69) is 18.0 Å². The van der Waals surface area contributed by atoms with Crippen LogP contribution in [0.25, 0.3) is 10.4 Å². The Morgan fingerprint density at radius 3 is 2.48 bits per heavy atom. The topological polar surface area (TPSA) is 23.6 Å². The van der Waals surface area contributed by atoms with E-state index >= 15 is 0 Å². The minimum absolute atomic E-state index is 0.219. The van der Waals surface area contributed by atoms with E-state index in [0.717, 1.165) is 43.0 Å². The first-order valence-electron chi connectivity index (χ1n) is 7.93. The summed E-state index contributed by atoms with van der Waals surface area (Å²) in [5, 5.41) is 0. The van der Waals surface area contributed by atoms with E-state index < -0.39 is 0 Å². The van der Waals surface area contributed by atoms with Crippen molar-refractivity contribution in [3.05, 3.63) is 47.1 Å². The van der Waals surface area contributed by atoms with Crippen molar-refractivity contribution in [3.8, 4) is 10.4 Å². The first-order chi connectivity index (χ1) is 11.1. The van der Waals surface area contributed by atoms with E-state index in [1.165, 1.54) is 17.0 Å². The van der Waals surface area contributed by atoms with Crippen LogP contribution in [-0.2, 0) is 11.2 Å². The number of amides is 1. The zero-order valence-corrected chi connectivity index (χ0v) is 14.1. The number of rotatable bonds is 4. The predicted molar refractivity (Wildman–Crippen MR) is 92.1 cm³/mol. The molecule has 122 valence electrons. The molecule has 1 aliphatic heterocycles. The molecule has 0 saturated carbocycles. The lowest BCUT2D eigenvalue weighted by Crippen LogP contribution is -2.47. The van der Waals surface area contributed by atoms with E-state index in [4.69, 9.17) is 0 Å². The third-order valence-electron chi connectivity index (χ3n) is 4.23. The van der Waals surface area contributed by atoms with Crippen molar-refractivity contribution in [2.24, 2.45) is 0 Å². The van der Waals surface area contributed by atoms with E-state index in [-0.39, 0.29) is 11.7 Å². The normalized spacial score (nSPS) is 15.8. The molecule has 1 aromatic carbocycles. The number of benzene rings is 1. The first-order valence-corrected chi connectivity index (χ1v) is 8.74. The molecule has 0 atom stereocenters. The molecule has 0 radical (unpaired) electrons. The minimum Gasteiger partial charge on any atom is -0.340 e. The summed E-state index contributed by atoms with van der Waals surface area (Å²) < 4.78 is 13.0. The van der Waals surface area contributed by atoms with Gasteiger partial charge >= 0.3 is 0 Å². The average Bonchev–Trinajstić information content (AvgIpc) is 3.03. The van der Waals surface area contributed by atoms with Gasteiger partial charge in [0.1, 0.15) is 5.82 Å². The lowest BCUT2D eigenvalue weighted by atomic mass is 10.2. The molecule has 1 aliphatic rings. The van der Waals surface area contributed by atoms with Gasteiger partial charge in [-0.25, -0.2) is 4.39 Å². The van der Waals surface area contributed by atoms with Gasteiger partial charge in [-0.05, 0) is 43.3 Å². The van der Waals surface area contributed by atoms with Gasteiger partial charge in [0.25, 0.3) is 0 Å². The highest BCUT2D eigenvalue weighted by atomic mass is 32.1. The SMILES string of the molecule is CN1CCN(C(=O)CCc2ccc(-c3ccc(F)cc3)s2)CC1. The van der Waals surface area contributed by atoms with Crippen LogP contribution >= 0.6 is 11.3 Å². The maximum Gasteiger partial charge on any atom is 0.223 e.